The van der Waals surface area contributed by atoms with Crippen LogP contribution in [0.15, 0.2) is 54.7 Å². The van der Waals surface area contributed by atoms with Crippen LogP contribution in [-0.2, 0) is 6.54 Å². The van der Waals surface area contributed by atoms with E-state index in [1.165, 1.54) is 47.3 Å². The molecule has 0 atom stereocenters. The lowest BCUT2D eigenvalue weighted by Crippen LogP contribution is -2.19. The maximum absolute atomic E-state index is 13.0. The zero-order valence-electron chi connectivity index (χ0n) is 14.7. The number of carbonyl (C=O) groups is 1. The zero-order chi connectivity index (χ0) is 21.0. The number of hydrogen-bond acceptors (Lipinski definition) is 3. The smallest absolute Gasteiger partial charge is 0.422 e. The van der Waals surface area contributed by atoms with Gasteiger partial charge in [-0.2, -0.15) is 18.3 Å². The average molecular weight is 428 g/mol. The number of nitrogens with zero attached hydrogens (tertiary/aromatic N) is 2. The first-order valence-electron chi connectivity index (χ1n) is 8.28. The second-order valence-electron chi connectivity index (χ2n) is 6.04. The summed E-state index contributed by atoms with van der Waals surface area (Å²) in [5, 5.41) is 6.84. The number of aromatic nitrogens is 2. The van der Waals surface area contributed by atoms with E-state index in [1.54, 1.807) is 12.1 Å². The maximum atomic E-state index is 13.0. The topological polar surface area (TPSA) is 56.2 Å². The molecule has 1 amide bonds. The van der Waals surface area contributed by atoms with Crippen molar-refractivity contribution in [1.82, 2.24) is 9.78 Å². The third kappa shape index (κ3) is 5.95. The summed E-state index contributed by atoms with van der Waals surface area (Å²) in [5.41, 5.74) is 0.854. The summed E-state index contributed by atoms with van der Waals surface area (Å²) in [6, 6.07) is 11.1. The first kappa shape index (κ1) is 20.7. The number of rotatable bonds is 6. The van der Waals surface area contributed by atoms with Crippen LogP contribution >= 0.6 is 11.6 Å². The van der Waals surface area contributed by atoms with Gasteiger partial charge in [-0.1, -0.05) is 29.8 Å². The van der Waals surface area contributed by atoms with Crippen molar-refractivity contribution in [3.05, 3.63) is 76.7 Å². The molecule has 0 saturated heterocycles. The summed E-state index contributed by atoms with van der Waals surface area (Å²) in [6.45, 7) is -1.16. The summed E-state index contributed by atoms with van der Waals surface area (Å²) in [6.07, 6.45) is -2.99. The largest absolute Gasteiger partial charge is 0.484 e. The van der Waals surface area contributed by atoms with Crippen molar-refractivity contribution >= 4 is 23.3 Å². The van der Waals surface area contributed by atoms with Crippen LogP contribution in [0.3, 0.4) is 0 Å². The van der Waals surface area contributed by atoms with E-state index < -0.39 is 18.7 Å². The van der Waals surface area contributed by atoms with Crippen LogP contribution < -0.4 is 10.1 Å². The minimum absolute atomic E-state index is 0.0776. The number of carbonyl (C=O) groups excluding carboxylic acids is 1. The quantitative estimate of drug-likeness (QED) is 0.568. The number of anilines is 1. The predicted molar refractivity (Wildman–Crippen MR) is 98.7 cm³/mol. The fraction of sp³-hybridized carbons (Fsp3) is 0.158. The van der Waals surface area contributed by atoms with Crippen molar-refractivity contribution in [1.29, 1.82) is 0 Å². The fourth-order valence-corrected chi connectivity index (χ4v) is 2.61. The number of amides is 1. The van der Waals surface area contributed by atoms with E-state index in [0.717, 1.165) is 5.56 Å². The predicted octanol–water partition coefficient (Wildman–Crippen LogP) is 4.92. The van der Waals surface area contributed by atoms with Gasteiger partial charge in [0.15, 0.2) is 12.4 Å². The summed E-state index contributed by atoms with van der Waals surface area (Å²) in [4.78, 5) is 12.4. The molecule has 0 saturated carbocycles. The summed E-state index contributed by atoms with van der Waals surface area (Å²) in [5.74, 6) is -0.985. The van der Waals surface area contributed by atoms with Crippen LogP contribution in [0.5, 0.6) is 5.75 Å². The van der Waals surface area contributed by atoms with E-state index in [9.17, 15) is 22.4 Å². The highest BCUT2D eigenvalue weighted by molar-refractivity contribution is 6.33. The lowest BCUT2D eigenvalue weighted by atomic mass is 10.2. The lowest BCUT2D eigenvalue weighted by molar-refractivity contribution is -0.153. The Bertz CT molecular complexity index is 1000. The van der Waals surface area contributed by atoms with E-state index in [-0.39, 0.29) is 28.0 Å². The van der Waals surface area contributed by atoms with Crippen LogP contribution in [0.1, 0.15) is 15.9 Å². The molecule has 0 aliphatic heterocycles. The Morgan fingerprint density at radius 1 is 1.17 bits per heavy atom. The Morgan fingerprint density at radius 2 is 1.90 bits per heavy atom. The second-order valence-corrected chi connectivity index (χ2v) is 6.44. The van der Waals surface area contributed by atoms with Crippen molar-refractivity contribution in [3.8, 4) is 5.75 Å². The van der Waals surface area contributed by atoms with Gasteiger partial charge in [-0.25, -0.2) is 4.39 Å². The van der Waals surface area contributed by atoms with Crippen molar-refractivity contribution in [2.24, 2.45) is 0 Å². The zero-order valence-corrected chi connectivity index (χ0v) is 15.5. The maximum Gasteiger partial charge on any atom is 0.422 e. The minimum atomic E-state index is -4.48. The molecule has 0 bridgehead atoms. The number of ether oxygens (including phenoxy) is 1. The SMILES string of the molecule is O=C(Nc1nn(Cc2ccc(F)cc2)cc1Cl)c1cccc(OCC(F)(F)F)c1. The highest BCUT2D eigenvalue weighted by atomic mass is 35.5. The Balaban J connectivity index is 1.67. The van der Waals surface area contributed by atoms with Crippen molar-refractivity contribution in [2.45, 2.75) is 12.7 Å². The fourth-order valence-electron chi connectivity index (χ4n) is 2.41. The van der Waals surface area contributed by atoms with Crippen molar-refractivity contribution < 1.29 is 27.1 Å². The van der Waals surface area contributed by atoms with Gasteiger partial charge in [0.2, 0.25) is 0 Å². The van der Waals surface area contributed by atoms with Crippen LogP contribution in [-0.4, -0.2) is 28.5 Å². The number of halogens is 5. The number of hydrogen-bond donors (Lipinski definition) is 1. The van der Waals surface area contributed by atoms with Gasteiger partial charge in [-0.15, -0.1) is 0 Å². The van der Waals surface area contributed by atoms with Gasteiger partial charge in [0.05, 0.1) is 6.54 Å². The molecule has 0 aliphatic carbocycles. The molecule has 5 nitrogen and oxygen atoms in total. The molecule has 1 N–H and O–H groups in total. The summed E-state index contributed by atoms with van der Waals surface area (Å²) < 4.78 is 55.9. The lowest BCUT2D eigenvalue weighted by Gasteiger charge is -2.10. The number of alkyl halides is 3. The Kier molecular flexibility index (Phi) is 6.07. The summed E-state index contributed by atoms with van der Waals surface area (Å²) in [7, 11) is 0. The van der Waals surface area contributed by atoms with Crippen LogP contribution in [0.4, 0.5) is 23.4 Å². The van der Waals surface area contributed by atoms with E-state index in [0.29, 0.717) is 6.54 Å². The molecular formula is C19H14ClF4N3O2. The van der Waals surface area contributed by atoms with Gasteiger partial charge in [0.1, 0.15) is 16.6 Å². The Hall–Kier alpha value is -3.07. The van der Waals surface area contributed by atoms with Gasteiger partial charge in [0, 0.05) is 11.8 Å². The molecule has 0 spiro atoms. The first-order chi connectivity index (χ1) is 13.7. The Morgan fingerprint density at radius 3 is 2.59 bits per heavy atom. The standard InChI is InChI=1S/C19H14ClF4N3O2/c20-16-10-27(9-12-4-6-14(21)7-5-12)26-17(16)25-18(28)13-2-1-3-15(8-13)29-11-19(22,23)24/h1-8,10H,9,11H2,(H,25,26,28). The van der Waals surface area contributed by atoms with Crippen molar-refractivity contribution in [3.63, 3.8) is 0 Å². The molecule has 3 aromatic rings. The molecule has 3 rings (SSSR count). The van der Waals surface area contributed by atoms with Crippen LogP contribution in [0.25, 0.3) is 0 Å². The average Bonchev–Trinajstić information content (AvgIpc) is 3.00. The van der Waals surface area contributed by atoms with E-state index >= 15 is 0 Å². The van der Waals surface area contributed by atoms with Crippen LogP contribution in [0.2, 0.25) is 5.02 Å². The molecule has 0 aliphatic rings. The number of benzene rings is 2. The van der Waals surface area contributed by atoms with Gasteiger partial charge >= 0.3 is 6.18 Å². The minimum Gasteiger partial charge on any atom is -0.484 e. The normalized spacial score (nSPS) is 11.3. The van der Waals surface area contributed by atoms with Gasteiger partial charge in [-0.05, 0) is 35.9 Å². The molecule has 0 unspecified atom stereocenters. The molecule has 2 aromatic carbocycles. The molecule has 0 radical (unpaired) electrons. The highest BCUT2D eigenvalue weighted by Crippen LogP contribution is 2.23. The van der Waals surface area contributed by atoms with E-state index in [2.05, 4.69) is 15.2 Å². The molecule has 1 aromatic heterocycles. The van der Waals surface area contributed by atoms with Crippen LogP contribution in [0, 0.1) is 5.82 Å². The van der Waals surface area contributed by atoms with E-state index in [4.69, 9.17) is 11.6 Å². The number of nitrogens with one attached hydrogen (secondary N) is 1. The first-order valence-corrected chi connectivity index (χ1v) is 8.66. The molecule has 1 heterocycles. The molecule has 0 fully saturated rings. The van der Waals surface area contributed by atoms with E-state index in [1.807, 2.05) is 0 Å². The summed E-state index contributed by atoms with van der Waals surface area (Å²) >= 11 is 6.09. The van der Waals surface area contributed by atoms with Gasteiger partial charge in [0.25, 0.3) is 5.91 Å². The molecular weight excluding hydrogens is 414 g/mol. The second kappa shape index (κ2) is 8.52. The molecule has 29 heavy (non-hydrogen) atoms. The highest BCUT2D eigenvalue weighted by Gasteiger charge is 2.28. The Labute approximate surface area is 167 Å². The van der Waals surface area contributed by atoms with Gasteiger partial charge in [-0.3, -0.25) is 9.48 Å². The van der Waals surface area contributed by atoms with Crippen molar-refractivity contribution in [2.75, 3.05) is 11.9 Å². The molecule has 152 valence electrons. The third-order valence-corrected chi connectivity index (χ3v) is 3.98. The van der Waals surface area contributed by atoms with Gasteiger partial charge < -0.3 is 10.1 Å². The monoisotopic (exact) mass is 427 g/mol. The molecule has 10 heteroatoms. The third-order valence-electron chi connectivity index (χ3n) is 3.71.